The van der Waals surface area contributed by atoms with Crippen molar-refractivity contribution < 1.29 is 4.39 Å². The molecule has 0 spiro atoms. The first-order valence-corrected chi connectivity index (χ1v) is 10.1. The van der Waals surface area contributed by atoms with Crippen molar-refractivity contribution in [3.8, 4) is 0 Å². The standard InChI is InChI=1S/C21H35FN4.HI/c1-4-23-20(24-15-9-10-16-26(5-2)6-3)25-17-21(13-14-21)18-11-7-8-12-19(18)22;/h7-8,11-12H,4-6,9-10,13-17H2,1-3H3,(H2,23,24,25);1H. The van der Waals surface area contributed by atoms with E-state index in [0.29, 0.717) is 6.54 Å². The Morgan fingerprint density at radius 2 is 1.81 bits per heavy atom. The van der Waals surface area contributed by atoms with Crippen molar-refractivity contribution in [1.29, 1.82) is 0 Å². The number of hydrogen-bond acceptors (Lipinski definition) is 2. The highest BCUT2D eigenvalue weighted by atomic mass is 127. The van der Waals surface area contributed by atoms with E-state index in [1.807, 2.05) is 12.1 Å². The number of benzene rings is 1. The van der Waals surface area contributed by atoms with E-state index in [1.54, 1.807) is 12.1 Å². The van der Waals surface area contributed by atoms with Crippen LogP contribution in [0, 0.1) is 5.82 Å². The summed E-state index contributed by atoms with van der Waals surface area (Å²) < 4.78 is 14.1. The zero-order valence-corrected chi connectivity index (χ0v) is 19.4. The first-order valence-electron chi connectivity index (χ1n) is 10.1. The number of guanidine groups is 1. The third-order valence-electron chi connectivity index (χ3n) is 5.27. The molecule has 1 aliphatic carbocycles. The smallest absolute Gasteiger partial charge is 0.191 e. The molecule has 0 heterocycles. The molecule has 2 N–H and O–H groups in total. The first kappa shape index (κ1) is 24.1. The van der Waals surface area contributed by atoms with E-state index in [4.69, 9.17) is 4.99 Å². The molecule has 0 amide bonds. The Hall–Kier alpha value is -0.890. The quantitative estimate of drug-likeness (QED) is 0.212. The average Bonchev–Trinajstić information content (AvgIpc) is 3.44. The Balaban J connectivity index is 0.00000364. The van der Waals surface area contributed by atoms with Gasteiger partial charge in [-0.05, 0) is 63.9 Å². The Morgan fingerprint density at radius 3 is 2.41 bits per heavy atom. The number of unbranched alkanes of at least 4 members (excludes halogenated alkanes) is 1. The van der Waals surface area contributed by atoms with Crippen LogP contribution in [0.4, 0.5) is 4.39 Å². The molecule has 0 aliphatic heterocycles. The van der Waals surface area contributed by atoms with Crippen LogP contribution < -0.4 is 10.6 Å². The number of nitrogens with one attached hydrogen (secondary N) is 2. The SMILES string of the molecule is CCNC(=NCC1(c2ccccc2F)CC1)NCCCCN(CC)CC.I. The average molecular weight is 490 g/mol. The third kappa shape index (κ3) is 7.56. The highest BCUT2D eigenvalue weighted by Gasteiger charge is 2.45. The summed E-state index contributed by atoms with van der Waals surface area (Å²) >= 11 is 0. The van der Waals surface area contributed by atoms with Gasteiger partial charge >= 0.3 is 0 Å². The Morgan fingerprint density at radius 1 is 1.11 bits per heavy atom. The van der Waals surface area contributed by atoms with Crippen molar-refractivity contribution in [2.45, 2.75) is 51.9 Å². The van der Waals surface area contributed by atoms with Gasteiger partial charge in [0.15, 0.2) is 5.96 Å². The minimum absolute atomic E-state index is 0. The number of hydrogen-bond donors (Lipinski definition) is 2. The Labute approximate surface area is 181 Å². The second kappa shape index (κ2) is 12.5. The molecule has 1 saturated carbocycles. The van der Waals surface area contributed by atoms with Crippen molar-refractivity contribution in [2.24, 2.45) is 4.99 Å². The van der Waals surface area contributed by atoms with Crippen LogP contribution in [0.3, 0.4) is 0 Å². The molecule has 27 heavy (non-hydrogen) atoms. The zero-order chi connectivity index (χ0) is 18.8. The topological polar surface area (TPSA) is 39.7 Å². The molecule has 0 unspecified atom stereocenters. The number of aliphatic imine (C=N–C) groups is 1. The lowest BCUT2D eigenvalue weighted by molar-refractivity contribution is 0.297. The maximum absolute atomic E-state index is 14.1. The number of halogens is 2. The van der Waals surface area contributed by atoms with E-state index in [9.17, 15) is 4.39 Å². The molecular weight excluding hydrogens is 454 g/mol. The molecule has 1 aliphatic rings. The predicted molar refractivity (Wildman–Crippen MR) is 124 cm³/mol. The molecule has 1 aromatic rings. The largest absolute Gasteiger partial charge is 0.357 e. The van der Waals surface area contributed by atoms with E-state index in [2.05, 4.69) is 36.3 Å². The van der Waals surface area contributed by atoms with Crippen molar-refractivity contribution in [2.75, 3.05) is 39.3 Å². The summed E-state index contributed by atoms with van der Waals surface area (Å²) in [6.07, 6.45) is 4.34. The van der Waals surface area contributed by atoms with Gasteiger partial charge in [-0.1, -0.05) is 32.0 Å². The van der Waals surface area contributed by atoms with Crippen LogP contribution >= 0.6 is 24.0 Å². The molecule has 1 fully saturated rings. The van der Waals surface area contributed by atoms with Crippen LogP contribution in [0.15, 0.2) is 29.3 Å². The van der Waals surface area contributed by atoms with Crippen LogP contribution in [-0.2, 0) is 5.41 Å². The summed E-state index contributed by atoms with van der Waals surface area (Å²) in [5, 5.41) is 6.73. The van der Waals surface area contributed by atoms with Gasteiger partial charge in [0.1, 0.15) is 5.82 Å². The number of rotatable bonds is 11. The zero-order valence-electron chi connectivity index (χ0n) is 17.1. The van der Waals surface area contributed by atoms with Crippen LogP contribution in [0.2, 0.25) is 0 Å². The van der Waals surface area contributed by atoms with Crippen molar-refractivity contribution in [3.05, 3.63) is 35.6 Å². The Kier molecular flexibility index (Phi) is 11.2. The number of nitrogens with zero attached hydrogens (tertiary/aromatic N) is 2. The molecule has 154 valence electrons. The molecule has 0 radical (unpaired) electrons. The summed E-state index contributed by atoms with van der Waals surface area (Å²) in [5.74, 6) is 0.743. The molecule has 4 nitrogen and oxygen atoms in total. The van der Waals surface area contributed by atoms with Gasteiger partial charge in [-0.15, -0.1) is 24.0 Å². The predicted octanol–water partition coefficient (Wildman–Crippen LogP) is 4.15. The lowest BCUT2D eigenvalue weighted by atomic mass is 9.95. The molecule has 0 saturated heterocycles. The van der Waals surface area contributed by atoms with Gasteiger partial charge in [-0.3, -0.25) is 4.99 Å². The van der Waals surface area contributed by atoms with Gasteiger partial charge in [0.25, 0.3) is 0 Å². The highest BCUT2D eigenvalue weighted by molar-refractivity contribution is 14.0. The molecule has 6 heteroatoms. The minimum Gasteiger partial charge on any atom is -0.357 e. The van der Waals surface area contributed by atoms with Gasteiger partial charge in [-0.25, -0.2) is 4.39 Å². The van der Waals surface area contributed by atoms with Gasteiger partial charge in [0.2, 0.25) is 0 Å². The Bertz CT molecular complexity index is 571. The lowest BCUT2D eigenvalue weighted by Crippen LogP contribution is -2.38. The van der Waals surface area contributed by atoms with Crippen LogP contribution in [-0.4, -0.2) is 50.1 Å². The second-order valence-electron chi connectivity index (χ2n) is 7.12. The van der Waals surface area contributed by atoms with Gasteiger partial charge in [0, 0.05) is 18.5 Å². The molecule has 0 aromatic heterocycles. The summed E-state index contributed by atoms with van der Waals surface area (Å²) in [6.45, 7) is 12.3. The summed E-state index contributed by atoms with van der Waals surface area (Å²) in [5.41, 5.74) is 0.718. The molecule has 1 aromatic carbocycles. The van der Waals surface area contributed by atoms with Crippen LogP contribution in [0.25, 0.3) is 0 Å². The van der Waals surface area contributed by atoms with Crippen molar-refractivity contribution >= 4 is 29.9 Å². The van der Waals surface area contributed by atoms with E-state index >= 15 is 0 Å². The van der Waals surface area contributed by atoms with Gasteiger partial charge in [-0.2, -0.15) is 0 Å². The lowest BCUT2D eigenvalue weighted by Gasteiger charge is -2.18. The van der Waals surface area contributed by atoms with E-state index in [1.165, 1.54) is 6.42 Å². The van der Waals surface area contributed by atoms with Crippen molar-refractivity contribution in [3.63, 3.8) is 0 Å². The molecular formula is C21H36FIN4. The fourth-order valence-electron chi connectivity index (χ4n) is 3.33. The van der Waals surface area contributed by atoms with Crippen molar-refractivity contribution in [1.82, 2.24) is 15.5 Å². The molecule has 0 bridgehead atoms. The fourth-order valence-corrected chi connectivity index (χ4v) is 3.33. The maximum atomic E-state index is 14.1. The van der Waals surface area contributed by atoms with Crippen LogP contribution in [0.5, 0.6) is 0 Å². The van der Waals surface area contributed by atoms with E-state index in [0.717, 1.165) is 63.5 Å². The minimum atomic E-state index is -0.102. The normalized spacial score (nSPS) is 15.4. The summed E-state index contributed by atoms with van der Waals surface area (Å²) in [4.78, 5) is 7.20. The van der Waals surface area contributed by atoms with Crippen LogP contribution in [0.1, 0.15) is 52.0 Å². The summed E-state index contributed by atoms with van der Waals surface area (Å²) in [7, 11) is 0. The molecule has 2 rings (SSSR count). The monoisotopic (exact) mass is 490 g/mol. The molecule has 0 atom stereocenters. The van der Waals surface area contributed by atoms with E-state index < -0.39 is 0 Å². The maximum Gasteiger partial charge on any atom is 0.191 e. The summed E-state index contributed by atoms with van der Waals surface area (Å²) in [6, 6.07) is 7.13. The second-order valence-corrected chi connectivity index (χ2v) is 7.12. The first-order chi connectivity index (χ1) is 12.6. The van der Waals surface area contributed by atoms with E-state index in [-0.39, 0.29) is 35.2 Å². The highest BCUT2D eigenvalue weighted by Crippen LogP contribution is 2.49. The fraction of sp³-hybridized carbons (Fsp3) is 0.667. The van der Waals surface area contributed by atoms with Gasteiger partial charge in [0.05, 0.1) is 6.54 Å². The van der Waals surface area contributed by atoms with Gasteiger partial charge < -0.3 is 15.5 Å². The third-order valence-corrected chi connectivity index (χ3v) is 5.27.